The molecule has 1 atom stereocenters. The molecule has 4 amide bonds. The number of benzene rings is 1. The lowest BCUT2D eigenvalue weighted by Gasteiger charge is -2.16. The highest BCUT2D eigenvalue weighted by atomic mass is 32.1. The number of carbonyl (C=O) groups excluding carboxylic acids is 4. The smallest absolute Gasteiger partial charge is 0.245 e. The normalized spacial score (nSPS) is 11.3. The summed E-state index contributed by atoms with van der Waals surface area (Å²) in [5, 5.41) is 28.3. The average Bonchev–Trinajstić information content (AvgIpc) is 3.18. The van der Waals surface area contributed by atoms with Crippen LogP contribution in [-0.4, -0.2) is 73.2 Å². The van der Waals surface area contributed by atoms with E-state index >= 15 is 0 Å². The Balaban J connectivity index is 1.78. The highest BCUT2D eigenvalue weighted by Crippen LogP contribution is 2.24. The maximum Gasteiger partial charge on any atom is 0.245 e. The fourth-order valence-electron chi connectivity index (χ4n) is 2.50. The van der Waals surface area contributed by atoms with Crippen LogP contribution in [0.5, 0.6) is 0 Å². The quantitative estimate of drug-likeness (QED) is 0.277. The number of nitrogens with zero attached hydrogens (tertiary/aromatic N) is 2. The maximum absolute atomic E-state index is 12.2. The molecule has 0 fully saturated rings. The van der Waals surface area contributed by atoms with Crippen molar-refractivity contribution < 1.29 is 29.0 Å². The third-order valence-corrected chi connectivity index (χ3v) is 4.90. The van der Waals surface area contributed by atoms with Crippen molar-refractivity contribution in [2.24, 2.45) is 0 Å². The van der Waals surface area contributed by atoms with Gasteiger partial charge in [-0.05, 0) is 18.2 Å². The molecule has 13 heteroatoms. The molecule has 170 valence electrons. The van der Waals surface area contributed by atoms with E-state index in [9.17, 15) is 24.3 Å². The number of nitriles is 1. The topological polar surface area (TPSA) is 183 Å². The molecule has 5 N–H and O–H groups in total. The second-order valence-electron chi connectivity index (χ2n) is 6.41. The number of carbonyl (C=O) groups is 4. The lowest BCUT2D eigenvalue weighted by molar-refractivity contribution is -0.131. The minimum Gasteiger partial charge on any atom is -0.394 e. The van der Waals surface area contributed by atoms with Crippen molar-refractivity contribution in [2.45, 2.75) is 12.5 Å². The third kappa shape index (κ3) is 7.58. The number of methoxy groups -OCH3 is 1. The minimum atomic E-state index is -1.25. The summed E-state index contributed by atoms with van der Waals surface area (Å²) in [4.78, 5) is 51.5. The van der Waals surface area contributed by atoms with Gasteiger partial charge in [-0.25, -0.2) is 4.98 Å². The first-order chi connectivity index (χ1) is 15.4. The maximum atomic E-state index is 12.2. The van der Waals surface area contributed by atoms with E-state index in [1.807, 2.05) is 6.07 Å². The predicted molar refractivity (Wildman–Crippen MR) is 114 cm³/mol. The monoisotopic (exact) mass is 462 g/mol. The van der Waals surface area contributed by atoms with Gasteiger partial charge in [-0.15, -0.1) is 11.3 Å². The van der Waals surface area contributed by atoms with Crippen LogP contribution >= 0.6 is 11.3 Å². The number of amides is 4. The summed E-state index contributed by atoms with van der Waals surface area (Å²) in [6.07, 6.45) is -0.104. The molecule has 0 radical (unpaired) electrons. The second-order valence-corrected chi connectivity index (χ2v) is 7.45. The molecule has 2 aromatic rings. The number of anilines is 1. The third-order valence-electron chi connectivity index (χ3n) is 3.97. The largest absolute Gasteiger partial charge is 0.394 e. The molecule has 1 unspecified atom stereocenters. The summed E-state index contributed by atoms with van der Waals surface area (Å²) in [6.45, 7) is -1.15. The van der Waals surface area contributed by atoms with E-state index in [-0.39, 0.29) is 32.0 Å². The number of thiazole rings is 1. The number of nitrogens with one attached hydrogen (secondary N) is 4. The van der Waals surface area contributed by atoms with Gasteiger partial charge >= 0.3 is 0 Å². The summed E-state index contributed by atoms with van der Waals surface area (Å²) >= 11 is 1.19. The number of fused-ring (bicyclic) bond motifs is 1. The molecule has 0 saturated heterocycles. The molecule has 1 aromatic heterocycles. The summed E-state index contributed by atoms with van der Waals surface area (Å²) < 4.78 is 5.36. The summed E-state index contributed by atoms with van der Waals surface area (Å²) in [7, 11) is 1.36. The molecule has 1 heterocycles. The van der Waals surface area contributed by atoms with Crippen molar-refractivity contribution in [2.75, 3.05) is 38.7 Å². The van der Waals surface area contributed by atoms with Gasteiger partial charge in [-0.3, -0.25) is 19.2 Å². The first-order valence-corrected chi connectivity index (χ1v) is 10.2. The zero-order valence-corrected chi connectivity index (χ0v) is 18.0. The van der Waals surface area contributed by atoms with E-state index in [1.165, 1.54) is 18.4 Å². The van der Waals surface area contributed by atoms with Crippen molar-refractivity contribution in [3.05, 3.63) is 23.2 Å². The van der Waals surface area contributed by atoms with Crippen LogP contribution in [0.3, 0.4) is 0 Å². The van der Waals surface area contributed by atoms with Gasteiger partial charge in [0, 0.05) is 25.8 Å². The van der Waals surface area contributed by atoms with E-state index in [0.717, 1.165) is 4.70 Å². The Morgan fingerprint density at radius 2 is 2.00 bits per heavy atom. The Morgan fingerprint density at radius 3 is 2.69 bits per heavy atom. The number of rotatable bonds is 11. The van der Waals surface area contributed by atoms with Crippen LogP contribution in [0.15, 0.2) is 18.2 Å². The molecular formula is C19H22N6O6S. The fourth-order valence-corrected chi connectivity index (χ4v) is 3.31. The lowest BCUT2D eigenvalue weighted by atomic mass is 10.2. The van der Waals surface area contributed by atoms with Crippen molar-refractivity contribution in [3.8, 4) is 6.07 Å². The Morgan fingerprint density at radius 1 is 1.22 bits per heavy atom. The van der Waals surface area contributed by atoms with Crippen molar-refractivity contribution in [1.82, 2.24) is 20.9 Å². The molecule has 2 rings (SSSR count). The molecule has 32 heavy (non-hydrogen) atoms. The first kappa shape index (κ1) is 24.7. The standard InChI is InChI=1S/C19H22N6O6S/c1-31-10-17(29)21-5-4-15(27)24-13(9-26)19(30)22-8-16(28)23-11-2-3-12-14(6-11)32-18(7-20)25-12/h2-3,6,13,26H,4-5,8-10H2,1H3,(H,21,29)(H,22,30)(H,23,28)(H,24,27). The Kier molecular flexibility index (Phi) is 9.48. The molecule has 0 aliphatic rings. The Bertz CT molecular complexity index is 1030. The number of hydrogen-bond acceptors (Lipinski definition) is 9. The SMILES string of the molecule is COCC(=O)NCCC(=O)NC(CO)C(=O)NCC(=O)Nc1ccc2nc(C#N)sc2c1. The molecule has 12 nitrogen and oxygen atoms in total. The van der Waals surface area contributed by atoms with E-state index in [4.69, 9.17) is 5.26 Å². The van der Waals surface area contributed by atoms with Crippen molar-refractivity contribution in [1.29, 1.82) is 5.26 Å². The van der Waals surface area contributed by atoms with Gasteiger partial charge in [0.15, 0.2) is 5.01 Å². The van der Waals surface area contributed by atoms with Crippen molar-refractivity contribution in [3.63, 3.8) is 0 Å². The summed E-state index contributed by atoms with van der Waals surface area (Å²) in [5.74, 6) is -2.21. The fraction of sp³-hybridized carbons (Fsp3) is 0.368. The second kappa shape index (κ2) is 12.3. The van der Waals surface area contributed by atoms with Crippen LogP contribution < -0.4 is 21.3 Å². The highest BCUT2D eigenvalue weighted by molar-refractivity contribution is 7.19. The van der Waals surface area contributed by atoms with Gasteiger partial charge < -0.3 is 31.1 Å². The molecule has 0 saturated carbocycles. The van der Waals surface area contributed by atoms with Crippen LogP contribution in [0.25, 0.3) is 10.2 Å². The Hall–Kier alpha value is -3.60. The molecule has 1 aromatic carbocycles. The van der Waals surface area contributed by atoms with Gasteiger partial charge in [0.05, 0.1) is 23.4 Å². The average molecular weight is 462 g/mol. The van der Waals surface area contributed by atoms with Crippen LogP contribution in [0.1, 0.15) is 11.4 Å². The summed E-state index contributed by atoms with van der Waals surface area (Å²) in [5.41, 5.74) is 1.10. The number of ether oxygens (including phenoxy) is 1. The van der Waals surface area contributed by atoms with Gasteiger partial charge in [0.1, 0.15) is 18.7 Å². The van der Waals surface area contributed by atoms with Gasteiger partial charge in [-0.2, -0.15) is 5.26 Å². The lowest BCUT2D eigenvalue weighted by Crippen LogP contribution is -2.50. The van der Waals surface area contributed by atoms with Crippen molar-refractivity contribution >= 4 is 50.9 Å². The van der Waals surface area contributed by atoms with Crippen LogP contribution in [0.2, 0.25) is 0 Å². The predicted octanol–water partition coefficient (Wildman–Crippen LogP) is -1.15. The van der Waals surface area contributed by atoms with Crippen LogP contribution in [0, 0.1) is 11.3 Å². The van der Waals surface area contributed by atoms with Gasteiger partial charge in [0.2, 0.25) is 23.6 Å². The molecular weight excluding hydrogens is 440 g/mol. The summed E-state index contributed by atoms with van der Waals surface area (Å²) in [6, 6.07) is 5.65. The van der Waals surface area contributed by atoms with Gasteiger partial charge in [-0.1, -0.05) is 0 Å². The first-order valence-electron chi connectivity index (χ1n) is 9.40. The molecule has 0 aliphatic heterocycles. The van der Waals surface area contributed by atoms with Crippen LogP contribution in [0.4, 0.5) is 5.69 Å². The minimum absolute atomic E-state index is 0.0379. The molecule has 0 bridgehead atoms. The number of hydrogen-bond donors (Lipinski definition) is 5. The number of aliphatic hydroxyl groups excluding tert-OH is 1. The number of aliphatic hydroxyl groups is 1. The van der Waals surface area contributed by atoms with E-state index in [0.29, 0.717) is 16.2 Å². The van der Waals surface area contributed by atoms with Gasteiger partial charge in [0.25, 0.3) is 0 Å². The number of aromatic nitrogens is 1. The molecule has 0 spiro atoms. The Labute approximate surface area is 186 Å². The van der Waals surface area contributed by atoms with E-state index in [2.05, 4.69) is 31.0 Å². The highest BCUT2D eigenvalue weighted by Gasteiger charge is 2.20. The zero-order chi connectivity index (χ0) is 23.5. The molecule has 0 aliphatic carbocycles. The van der Waals surface area contributed by atoms with E-state index in [1.54, 1.807) is 18.2 Å². The van der Waals surface area contributed by atoms with Crippen LogP contribution in [-0.2, 0) is 23.9 Å². The van der Waals surface area contributed by atoms with E-state index < -0.39 is 30.4 Å². The zero-order valence-electron chi connectivity index (χ0n) is 17.1.